The van der Waals surface area contributed by atoms with Crippen molar-refractivity contribution in [3.8, 4) is 16.3 Å². The zero-order chi connectivity index (χ0) is 23.8. The number of pyridine rings is 1. The molecule has 0 unspecified atom stereocenters. The fraction of sp³-hybridized carbons (Fsp3) is 0.250. The molecule has 1 N–H and O–H groups in total. The second-order valence-corrected chi connectivity index (χ2v) is 7.82. The summed E-state index contributed by atoms with van der Waals surface area (Å²) in [5.74, 6) is -1.74. The van der Waals surface area contributed by atoms with Gasteiger partial charge in [-0.2, -0.15) is 0 Å². The lowest BCUT2D eigenvalue weighted by atomic mass is 10.1. The van der Waals surface area contributed by atoms with E-state index < -0.39 is 23.9 Å². The van der Waals surface area contributed by atoms with Gasteiger partial charge in [0, 0.05) is 11.1 Å². The van der Waals surface area contributed by atoms with Gasteiger partial charge in [-0.25, -0.2) is 14.6 Å². The lowest BCUT2D eigenvalue weighted by Crippen LogP contribution is -2.30. The lowest BCUT2D eigenvalue weighted by molar-refractivity contribution is -0.123. The maximum Gasteiger partial charge on any atom is 0.344 e. The number of amides is 1. The Morgan fingerprint density at radius 3 is 2.45 bits per heavy atom. The molecule has 1 aromatic carbocycles. The van der Waals surface area contributed by atoms with E-state index in [1.807, 2.05) is 30.3 Å². The predicted octanol–water partition coefficient (Wildman–Crippen LogP) is 4.57. The first kappa shape index (κ1) is 23.9. The molecule has 0 saturated carbocycles. The van der Waals surface area contributed by atoms with Crippen molar-refractivity contribution in [2.75, 3.05) is 18.5 Å². The number of benzene rings is 1. The number of hydrogen-bond acceptors (Lipinski definition) is 8. The molecule has 2 heterocycles. The van der Waals surface area contributed by atoms with Crippen molar-refractivity contribution in [1.82, 2.24) is 4.98 Å². The molecule has 0 radical (unpaired) electrons. The quantitative estimate of drug-likeness (QED) is 0.459. The molecule has 8 nitrogen and oxygen atoms in total. The van der Waals surface area contributed by atoms with Gasteiger partial charge in [-0.1, -0.05) is 30.3 Å². The molecular weight excluding hydrogens is 444 g/mol. The van der Waals surface area contributed by atoms with Gasteiger partial charge in [-0.05, 0) is 44.5 Å². The molecule has 0 aliphatic rings. The fourth-order valence-corrected chi connectivity index (χ4v) is 3.93. The number of esters is 2. The van der Waals surface area contributed by atoms with Crippen LogP contribution in [0.1, 0.15) is 41.5 Å². The summed E-state index contributed by atoms with van der Waals surface area (Å²) in [7, 11) is 0. The number of nitrogens with one attached hydrogen (secondary N) is 1. The van der Waals surface area contributed by atoms with Gasteiger partial charge >= 0.3 is 11.9 Å². The van der Waals surface area contributed by atoms with E-state index in [1.165, 1.54) is 30.5 Å². The minimum absolute atomic E-state index is 0.119. The third kappa shape index (κ3) is 5.95. The summed E-state index contributed by atoms with van der Waals surface area (Å²) in [6.45, 7) is 5.44. The molecule has 1 atom stereocenters. The molecule has 0 spiro atoms. The van der Waals surface area contributed by atoms with Crippen LogP contribution in [0.2, 0.25) is 0 Å². The molecule has 3 aromatic rings. The summed E-state index contributed by atoms with van der Waals surface area (Å²) in [6, 6.07) is 14.2. The molecule has 1 amide bonds. The SMILES string of the molecule is CCOC(=O)c1cc(-c2ccccc2)sc1NC(=O)[C@@H](C)OC(=O)c1cccnc1OCC. The Balaban J connectivity index is 1.78. The van der Waals surface area contributed by atoms with Crippen molar-refractivity contribution >= 4 is 34.2 Å². The minimum Gasteiger partial charge on any atom is -0.477 e. The van der Waals surface area contributed by atoms with Gasteiger partial charge in [0.25, 0.3) is 5.91 Å². The van der Waals surface area contributed by atoms with Crippen LogP contribution in [0, 0.1) is 0 Å². The average molecular weight is 469 g/mol. The number of thiophene rings is 1. The van der Waals surface area contributed by atoms with E-state index in [4.69, 9.17) is 14.2 Å². The highest BCUT2D eigenvalue weighted by atomic mass is 32.1. The Labute approximate surface area is 195 Å². The highest BCUT2D eigenvalue weighted by molar-refractivity contribution is 7.20. The number of ether oxygens (including phenoxy) is 3. The van der Waals surface area contributed by atoms with E-state index in [9.17, 15) is 14.4 Å². The number of nitrogens with zero attached hydrogens (tertiary/aromatic N) is 1. The molecule has 9 heteroatoms. The van der Waals surface area contributed by atoms with Crippen molar-refractivity contribution in [2.24, 2.45) is 0 Å². The normalized spacial score (nSPS) is 11.4. The minimum atomic E-state index is -1.13. The topological polar surface area (TPSA) is 104 Å². The Bertz CT molecular complexity index is 1130. The molecule has 0 fully saturated rings. The van der Waals surface area contributed by atoms with Crippen molar-refractivity contribution in [2.45, 2.75) is 26.9 Å². The smallest absolute Gasteiger partial charge is 0.344 e. The highest BCUT2D eigenvalue weighted by Crippen LogP contribution is 2.36. The fourth-order valence-electron chi connectivity index (χ4n) is 2.88. The molecule has 0 saturated heterocycles. The molecule has 0 aliphatic heterocycles. The van der Waals surface area contributed by atoms with Crippen LogP contribution in [0.5, 0.6) is 5.88 Å². The van der Waals surface area contributed by atoms with Crippen LogP contribution in [-0.4, -0.2) is 42.1 Å². The van der Waals surface area contributed by atoms with Crippen molar-refractivity contribution in [1.29, 1.82) is 0 Å². The molecule has 3 rings (SSSR count). The third-order valence-corrected chi connectivity index (χ3v) is 5.55. The number of rotatable bonds is 9. The third-order valence-electron chi connectivity index (χ3n) is 4.45. The number of anilines is 1. The maximum absolute atomic E-state index is 12.8. The lowest BCUT2D eigenvalue weighted by Gasteiger charge is -2.14. The van der Waals surface area contributed by atoms with Crippen LogP contribution in [0.25, 0.3) is 10.4 Å². The monoisotopic (exact) mass is 468 g/mol. The van der Waals surface area contributed by atoms with Gasteiger partial charge in [0.05, 0.1) is 18.8 Å². The molecular formula is C24H24N2O6S. The van der Waals surface area contributed by atoms with Gasteiger partial charge in [0.15, 0.2) is 6.10 Å². The van der Waals surface area contributed by atoms with Crippen molar-refractivity contribution in [3.63, 3.8) is 0 Å². The standard InChI is InChI=1S/C24H24N2O6S/c1-4-30-21-17(12-9-13-25-21)24(29)32-15(3)20(27)26-22-18(23(28)31-5-2)14-19(33-22)16-10-7-6-8-11-16/h6-15H,4-5H2,1-3H3,(H,26,27)/t15-/m1/s1. The van der Waals surface area contributed by atoms with E-state index in [-0.39, 0.29) is 23.6 Å². The van der Waals surface area contributed by atoms with Gasteiger partial charge in [-0.15, -0.1) is 11.3 Å². The summed E-state index contributed by atoms with van der Waals surface area (Å²) in [4.78, 5) is 42.6. The van der Waals surface area contributed by atoms with Crippen LogP contribution >= 0.6 is 11.3 Å². The number of carbonyl (C=O) groups excluding carboxylic acids is 3. The number of hydrogen-bond donors (Lipinski definition) is 1. The van der Waals surface area contributed by atoms with E-state index >= 15 is 0 Å². The van der Waals surface area contributed by atoms with E-state index in [0.717, 1.165) is 10.4 Å². The average Bonchev–Trinajstić information content (AvgIpc) is 3.24. The largest absolute Gasteiger partial charge is 0.477 e. The van der Waals surface area contributed by atoms with Gasteiger partial charge in [0.2, 0.25) is 5.88 Å². The van der Waals surface area contributed by atoms with Gasteiger partial charge in [0.1, 0.15) is 10.6 Å². The first-order chi connectivity index (χ1) is 15.9. The molecule has 0 aliphatic carbocycles. The van der Waals surface area contributed by atoms with E-state index in [0.29, 0.717) is 11.6 Å². The highest BCUT2D eigenvalue weighted by Gasteiger charge is 2.25. The summed E-state index contributed by atoms with van der Waals surface area (Å²) in [6.07, 6.45) is 0.361. The molecule has 172 valence electrons. The first-order valence-electron chi connectivity index (χ1n) is 10.4. The zero-order valence-corrected chi connectivity index (χ0v) is 19.3. The predicted molar refractivity (Wildman–Crippen MR) is 125 cm³/mol. The Kier molecular flexibility index (Phi) is 8.15. The van der Waals surface area contributed by atoms with E-state index in [1.54, 1.807) is 26.0 Å². The molecule has 2 aromatic heterocycles. The van der Waals surface area contributed by atoms with Crippen LogP contribution in [0.3, 0.4) is 0 Å². The maximum atomic E-state index is 12.8. The van der Waals surface area contributed by atoms with Crippen LogP contribution < -0.4 is 10.1 Å². The molecule has 0 bridgehead atoms. The van der Waals surface area contributed by atoms with Crippen LogP contribution in [0.15, 0.2) is 54.7 Å². The van der Waals surface area contributed by atoms with Crippen molar-refractivity contribution < 1.29 is 28.6 Å². The summed E-state index contributed by atoms with van der Waals surface area (Å²) < 4.78 is 15.8. The summed E-state index contributed by atoms with van der Waals surface area (Å²) in [5.41, 5.74) is 1.25. The Morgan fingerprint density at radius 2 is 1.76 bits per heavy atom. The Morgan fingerprint density at radius 1 is 1.00 bits per heavy atom. The summed E-state index contributed by atoms with van der Waals surface area (Å²) in [5, 5.41) is 3.01. The second-order valence-electron chi connectivity index (χ2n) is 6.77. The van der Waals surface area contributed by atoms with Gasteiger partial charge in [-0.3, -0.25) is 4.79 Å². The number of carbonyl (C=O) groups is 3. The molecule has 33 heavy (non-hydrogen) atoms. The summed E-state index contributed by atoms with van der Waals surface area (Å²) >= 11 is 1.23. The van der Waals surface area contributed by atoms with Crippen LogP contribution in [0.4, 0.5) is 5.00 Å². The van der Waals surface area contributed by atoms with Gasteiger partial charge < -0.3 is 19.5 Å². The Hall–Kier alpha value is -3.72. The van der Waals surface area contributed by atoms with E-state index in [2.05, 4.69) is 10.3 Å². The number of aromatic nitrogens is 1. The zero-order valence-electron chi connectivity index (χ0n) is 18.5. The first-order valence-corrected chi connectivity index (χ1v) is 11.2. The van der Waals surface area contributed by atoms with Crippen molar-refractivity contribution in [3.05, 3.63) is 65.9 Å². The second kappa shape index (κ2) is 11.2. The van der Waals surface area contributed by atoms with Crippen LogP contribution in [-0.2, 0) is 14.3 Å².